The van der Waals surface area contributed by atoms with Crippen molar-refractivity contribution in [2.45, 2.75) is 13.0 Å². The van der Waals surface area contributed by atoms with Gasteiger partial charge in [0.15, 0.2) is 5.65 Å². The molecule has 1 saturated heterocycles. The second-order valence-corrected chi connectivity index (χ2v) is 6.24. The average Bonchev–Trinajstić information content (AvgIpc) is 3.06. The Morgan fingerprint density at radius 1 is 1.09 bits per heavy atom. The van der Waals surface area contributed by atoms with Crippen LogP contribution in [0.4, 0.5) is 5.82 Å². The summed E-state index contributed by atoms with van der Waals surface area (Å²) in [7, 11) is 2.19. The molecule has 0 bridgehead atoms. The van der Waals surface area contributed by atoms with Crippen LogP contribution in [-0.2, 0) is 0 Å². The molecule has 1 aliphatic rings. The number of hydrogen-bond donors (Lipinski definition) is 0. The van der Waals surface area contributed by atoms with Crippen LogP contribution >= 0.6 is 0 Å². The first-order valence-electron chi connectivity index (χ1n) is 8.08. The minimum atomic E-state index is 0.530. The monoisotopic (exact) mass is 307 g/mol. The van der Waals surface area contributed by atoms with E-state index in [1.54, 1.807) is 0 Å². The van der Waals surface area contributed by atoms with E-state index >= 15 is 0 Å². The predicted octanol–water partition coefficient (Wildman–Crippen LogP) is 2.54. The Bertz CT molecular complexity index is 811. The largest absolute Gasteiger partial charge is 0.354 e. The van der Waals surface area contributed by atoms with Crippen molar-refractivity contribution in [2.24, 2.45) is 0 Å². The van der Waals surface area contributed by atoms with Crippen molar-refractivity contribution in [3.63, 3.8) is 0 Å². The Kier molecular flexibility index (Phi) is 3.50. The van der Waals surface area contributed by atoms with Crippen LogP contribution in [0, 0.1) is 0 Å². The SMILES string of the molecule is C[C@@H]1CN(c2cc(-c3ccccc3)nc3ccnn23)CCN1C. The minimum Gasteiger partial charge on any atom is -0.354 e. The lowest BCUT2D eigenvalue weighted by molar-refractivity contribution is 0.233. The van der Waals surface area contributed by atoms with Crippen molar-refractivity contribution in [3.05, 3.63) is 48.7 Å². The van der Waals surface area contributed by atoms with Crippen LogP contribution in [0.5, 0.6) is 0 Å². The van der Waals surface area contributed by atoms with Gasteiger partial charge in [-0.05, 0) is 14.0 Å². The molecule has 0 radical (unpaired) electrons. The summed E-state index contributed by atoms with van der Waals surface area (Å²) in [6.07, 6.45) is 1.82. The van der Waals surface area contributed by atoms with E-state index in [0.717, 1.165) is 42.4 Å². The summed E-state index contributed by atoms with van der Waals surface area (Å²) in [5, 5.41) is 4.47. The summed E-state index contributed by atoms with van der Waals surface area (Å²) in [4.78, 5) is 9.57. The van der Waals surface area contributed by atoms with E-state index in [2.05, 4.69) is 59.2 Å². The maximum absolute atomic E-state index is 4.76. The van der Waals surface area contributed by atoms with Crippen LogP contribution in [0.25, 0.3) is 16.9 Å². The van der Waals surface area contributed by atoms with Gasteiger partial charge in [-0.1, -0.05) is 30.3 Å². The second kappa shape index (κ2) is 5.66. The molecular formula is C18H21N5. The standard InChI is InChI=1S/C18H21N5/c1-14-13-22(11-10-21(14)2)18-12-16(15-6-4-3-5-7-15)20-17-8-9-19-23(17)18/h3-9,12,14H,10-11,13H2,1-2H3/t14-/m1/s1. The lowest BCUT2D eigenvalue weighted by atomic mass is 10.1. The van der Waals surface area contributed by atoms with Crippen LogP contribution in [0.15, 0.2) is 48.7 Å². The Hall–Kier alpha value is -2.40. The Labute approximate surface area is 136 Å². The molecule has 2 aromatic heterocycles. The summed E-state index contributed by atoms with van der Waals surface area (Å²) in [5.74, 6) is 1.12. The number of piperazine rings is 1. The molecule has 118 valence electrons. The van der Waals surface area contributed by atoms with Gasteiger partial charge in [0, 0.05) is 43.4 Å². The normalized spacial score (nSPS) is 19.4. The highest BCUT2D eigenvalue weighted by Crippen LogP contribution is 2.25. The average molecular weight is 307 g/mol. The fourth-order valence-electron chi connectivity index (χ4n) is 3.14. The smallest absolute Gasteiger partial charge is 0.157 e. The van der Waals surface area contributed by atoms with Crippen molar-refractivity contribution >= 4 is 11.5 Å². The summed E-state index contributed by atoms with van der Waals surface area (Å²) in [5.41, 5.74) is 3.03. The van der Waals surface area contributed by atoms with E-state index in [1.165, 1.54) is 0 Å². The first kappa shape index (κ1) is 14.2. The van der Waals surface area contributed by atoms with Crippen LogP contribution in [0.3, 0.4) is 0 Å². The van der Waals surface area contributed by atoms with Crippen molar-refractivity contribution in [1.82, 2.24) is 19.5 Å². The third kappa shape index (κ3) is 2.57. The molecule has 5 heteroatoms. The van der Waals surface area contributed by atoms with Gasteiger partial charge in [-0.25, -0.2) is 4.98 Å². The fraction of sp³-hybridized carbons (Fsp3) is 0.333. The summed E-state index contributed by atoms with van der Waals surface area (Å²) in [6.45, 7) is 5.34. The van der Waals surface area contributed by atoms with Gasteiger partial charge >= 0.3 is 0 Å². The van der Waals surface area contributed by atoms with E-state index in [0.29, 0.717) is 6.04 Å². The maximum Gasteiger partial charge on any atom is 0.157 e. The Balaban J connectivity index is 1.81. The zero-order valence-corrected chi connectivity index (χ0v) is 13.6. The van der Waals surface area contributed by atoms with Gasteiger partial charge in [0.1, 0.15) is 5.82 Å². The van der Waals surface area contributed by atoms with E-state index in [4.69, 9.17) is 4.98 Å². The molecule has 1 aliphatic heterocycles. The third-order valence-electron chi connectivity index (χ3n) is 4.69. The van der Waals surface area contributed by atoms with E-state index < -0.39 is 0 Å². The molecule has 0 aliphatic carbocycles. The number of anilines is 1. The molecule has 1 atom stereocenters. The minimum absolute atomic E-state index is 0.530. The quantitative estimate of drug-likeness (QED) is 0.729. The summed E-state index contributed by atoms with van der Waals surface area (Å²) >= 11 is 0. The molecule has 23 heavy (non-hydrogen) atoms. The van der Waals surface area contributed by atoms with Gasteiger partial charge in [0.05, 0.1) is 11.9 Å². The lowest BCUT2D eigenvalue weighted by Crippen LogP contribution is -2.50. The van der Waals surface area contributed by atoms with Crippen LogP contribution in [0.2, 0.25) is 0 Å². The predicted molar refractivity (Wildman–Crippen MR) is 92.7 cm³/mol. The Morgan fingerprint density at radius 2 is 1.91 bits per heavy atom. The highest BCUT2D eigenvalue weighted by molar-refractivity contribution is 5.66. The molecule has 0 unspecified atom stereocenters. The molecule has 0 spiro atoms. The van der Waals surface area contributed by atoms with Gasteiger partial charge < -0.3 is 9.80 Å². The number of likely N-dealkylation sites (N-methyl/N-ethyl adjacent to an activating group) is 1. The third-order valence-corrected chi connectivity index (χ3v) is 4.69. The molecule has 0 amide bonds. The molecule has 0 N–H and O–H groups in total. The van der Waals surface area contributed by atoms with Crippen molar-refractivity contribution in [1.29, 1.82) is 0 Å². The number of nitrogens with zero attached hydrogens (tertiary/aromatic N) is 5. The molecular weight excluding hydrogens is 286 g/mol. The lowest BCUT2D eigenvalue weighted by Gasteiger charge is -2.38. The van der Waals surface area contributed by atoms with Gasteiger partial charge in [-0.3, -0.25) is 0 Å². The number of rotatable bonds is 2. The molecule has 5 nitrogen and oxygen atoms in total. The van der Waals surface area contributed by atoms with E-state index in [1.807, 2.05) is 22.8 Å². The molecule has 4 rings (SSSR count). The maximum atomic E-state index is 4.76. The molecule has 3 heterocycles. The summed E-state index contributed by atoms with van der Waals surface area (Å²) in [6, 6.07) is 15.0. The number of aromatic nitrogens is 3. The van der Waals surface area contributed by atoms with Gasteiger partial charge in [-0.2, -0.15) is 9.61 Å². The van der Waals surface area contributed by atoms with Crippen LogP contribution < -0.4 is 4.90 Å². The van der Waals surface area contributed by atoms with Gasteiger partial charge in [0.25, 0.3) is 0 Å². The zero-order chi connectivity index (χ0) is 15.8. The number of fused-ring (bicyclic) bond motifs is 1. The molecule has 1 fully saturated rings. The van der Waals surface area contributed by atoms with Crippen LogP contribution in [0.1, 0.15) is 6.92 Å². The van der Waals surface area contributed by atoms with Gasteiger partial charge in [-0.15, -0.1) is 0 Å². The second-order valence-electron chi connectivity index (χ2n) is 6.24. The Morgan fingerprint density at radius 3 is 2.70 bits per heavy atom. The first-order valence-corrected chi connectivity index (χ1v) is 8.08. The number of hydrogen-bond acceptors (Lipinski definition) is 4. The van der Waals surface area contributed by atoms with E-state index in [-0.39, 0.29) is 0 Å². The fourth-order valence-corrected chi connectivity index (χ4v) is 3.14. The van der Waals surface area contributed by atoms with Crippen molar-refractivity contribution < 1.29 is 0 Å². The highest BCUT2D eigenvalue weighted by atomic mass is 15.4. The van der Waals surface area contributed by atoms with Gasteiger partial charge in [0.2, 0.25) is 0 Å². The first-order chi connectivity index (χ1) is 11.2. The number of benzene rings is 1. The van der Waals surface area contributed by atoms with E-state index in [9.17, 15) is 0 Å². The highest BCUT2D eigenvalue weighted by Gasteiger charge is 2.23. The summed E-state index contributed by atoms with van der Waals surface area (Å²) < 4.78 is 1.95. The molecule has 0 saturated carbocycles. The van der Waals surface area contributed by atoms with Crippen molar-refractivity contribution in [2.75, 3.05) is 31.6 Å². The van der Waals surface area contributed by atoms with Crippen molar-refractivity contribution in [3.8, 4) is 11.3 Å². The zero-order valence-electron chi connectivity index (χ0n) is 13.6. The molecule has 3 aromatic rings. The van der Waals surface area contributed by atoms with Crippen LogP contribution in [-0.4, -0.2) is 52.2 Å². The molecule has 1 aromatic carbocycles. The topological polar surface area (TPSA) is 36.7 Å².